The van der Waals surface area contributed by atoms with Gasteiger partial charge in [0.25, 0.3) is 5.91 Å². The summed E-state index contributed by atoms with van der Waals surface area (Å²) in [5.41, 5.74) is 7.26. The number of nitrogens with one attached hydrogen (secondary N) is 1. The highest BCUT2D eigenvalue weighted by atomic mass is 32.1. The van der Waals surface area contributed by atoms with Crippen LogP contribution in [0.25, 0.3) is 0 Å². The summed E-state index contributed by atoms with van der Waals surface area (Å²) < 4.78 is 0. The second kappa shape index (κ2) is 6.68. The number of thiophene rings is 1. The van der Waals surface area contributed by atoms with Gasteiger partial charge in [0.15, 0.2) is 0 Å². The molecule has 0 bridgehead atoms. The Morgan fingerprint density at radius 2 is 1.95 bits per heavy atom. The number of hydrogen-bond acceptors (Lipinski definition) is 3. The van der Waals surface area contributed by atoms with E-state index in [0.29, 0.717) is 18.0 Å². The molecule has 1 aromatic carbocycles. The summed E-state index contributed by atoms with van der Waals surface area (Å²) in [5, 5.41) is 5.15. The molecule has 106 valence electrons. The second-order valence-electron chi connectivity index (χ2n) is 5.11. The monoisotopic (exact) mass is 288 g/mol. The molecular weight excluding hydrogens is 268 g/mol. The number of rotatable bonds is 5. The van der Waals surface area contributed by atoms with Crippen molar-refractivity contribution in [3.05, 3.63) is 57.8 Å². The van der Waals surface area contributed by atoms with Crippen molar-refractivity contribution in [3.8, 4) is 0 Å². The van der Waals surface area contributed by atoms with Crippen LogP contribution in [0, 0.1) is 5.92 Å². The fourth-order valence-electron chi connectivity index (χ4n) is 2.05. The van der Waals surface area contributed by atoms with Crippen LogP contribution in [0.2, 0.25) is 0 Å². The van der Waals surface area contributed by atoms with Crippen LogP contribution in [0.4, 0.5) is 0 Å². The van der Waals surface area contributed by atoms with Crippen molar-refractivity contribution in [1.82, 2.24) is 5.32 Å². The summed E-state index contributed by atoms with van der Waals surface area (Å²) in [6.45, 7) is 4.72. The molecule has 0 fully saturated rings. The molecular formula is C16H20N2OS. The highest BCUT2D eigenvalue weighted by molar-refractivity contribution is 7.10. The maximum Gasteiger partial charge on any atom is 0.251 e. The summed E-state index contributed by atoms with van der Waals surface area (Å²) in [6.07, 6.45) is 0. The lowest BCUT2D eigenvalue weighted by Crippen LogP contribution is -2.31. The molecule has 20 heavy (non-hydrogen) atoms. The van der Waals surface area contributed by atoms with Gasteiger partial charge in [-0.05, 0) is 35.1 Å². The molecule has 0 spiro atoms. The smallest absolute Gasteiger partial charge is 0.251 e. The normalized spacial score (nSPS) is 12.4. The standard InChI is InChI=1S/C16H20N2OS/c1-11(2)15(14-4-3-9-20-14)18-16(19)13-7-5-12(10-17)6-8-13/h3-9,11,15H,10,17H2,1-2H3,(H,18,19). The predicted molar refractivity (Wildman–Crippen MR) is 83.7 cm³/mol. The zero-order valence-corrected chi connectivity index (χ0v) is 12.6. The van der Waals surface area contributed by atoms with Crippen LogP contribution in [0.3, 0.4) is 0 Å². The molecule has 3 nitrogen and oxygen atoms in total. The summed E-state index contributed by atoms with van der Waals surface area (Å²) in [5.74, 6) is 0.307. The maximum atomic E-state index is 12.3. The number of hydrogen-bond donors (Lipinski definition) is 2. The van der Waals surface area contributed by atoms with Crippen molar-refractivity contribution < 1.29 is 4.79 Å². The molecule has 2 aromatic rings. The molecule has 0 aliphatic heterocycles. The summed E-state index contributed by atoms with van der Waals surface area (Å²) >= 11 is 1.67. The van der Waals surface area contributed by atoms with Gasteiger partial charge in [-0.25, -0.2) is 0 Å². The highest BCUT2D eigenvalue weighted by Gasteiger charge is 2.19. The molecule has 0 saturated carbocycles. The molecule has 2 rings (SSSR count). The number of benzene rings is 1. The van der Waals surface area contributed by atoms with E-state index >= 15 is 0 Å². The molecule has 0 radical (unpaired) electrons. The van der Waals surface area contributed by atoms with Crippen molar-refractivity contribution in [2.45, 2.75) is 26.4 Å². The van der Waals surface area contributed by atoms with Gasteiger partial charge < -0.3 is 11.1 Å². The molecule has 1 unspecified atom stereocenters. The quantitative estimate of drug-likeness (QED) is 0.886. The van der Waals surface area contributed by atoms with Crippen LogP contribution in [0.5, 0.6) is 0 Å². The van der Waals surface area contributed by atoms with Crippen molar-refractivity contribution in [3.63, 3.8) is 0 Å². The molecule has 0 saturated heterocycles. The molecule has 0 aliphatic rings. The van der Waals surface area contributed by atoms with E-state index in [4.69, 9.17) is 5.73 Å². The first kappa shape index (κ1) is 14.8. The Morgan fingerprint density at radius 1 is 1.25 bits per heavy atom. The van der Waals surface area contributed by atoms with E-state index in [9.17, 15) is 4.79 Å². The SMILES string of the molecule is CC(C)C(NC(=O)c1ccc(CN)cc1)c1cccs1. The molecule has 1 heterocycles. The van der Waals surface area contributed by atoms with Gasteiger partial charge in [0.2, 0.25) is 0 Å². The molecule has 1 atom stereocenters. The van der Waals surface area contributed by atoms with Gasteiger partial charge in [0.05, 0.1) is 6.04 Å². The van der Waals surface area contributed by atoms with Gasteiger partial charge in [0.1, 0.15) is 0 Å². The minimum atomic E-state index is -0.0410. The van der Waals surface area contributed by atoms with Crippen molar-refractivity contribution in [1.29, 1.82) is 0 Å². The fraction of sp³-hybridized carbons (Fsp3) is 0.312. The third kappa shape index (κ3) is 3.46. The zero-order chi connectivity index (χ0) is 14.5. The topological polar surface area (TPSA) is 55.1 Å². The van der Waals surface area contributed by atoms with Gasteiger partial charge in [-0.15, -0.1) is 11.3 Å². The Hall–Kier alpha value is -1.65. The van der Waals surface area contributed by atoms with Crippen LogP contribution >= 0.6 is 11.3 Å². The second-order valence-corrected chi connectivity index (χ2v) is 6.09. The average molecular weight is 288 g/mol. The van der Waals surface area contributed by atoms with E-state index in [1.54, 1.807) is 11.3 Å². The number of nitrogens with two attached hydrogens (primary N) is 1. The number of carbonyl (C=O) groups is 1. The molecule has 4 heteroatoms. The summed E-state index contributed by atoms with van der Waals surface area (Å²) in [6, 6.07) is 11.6. The predicted octanol–water partition coefficient (Wildman–Crippen LogP) is 3.33. The largest absolute Gasteiger partial charge is 0.344 e. The molecule has 1 aromatic heterocycles. The first-order chi connectivity index (χ1) is 9.61. The summed E-state index contributed by atoms with van der Waals surface area (Å²) in [7, 11) is 0. The zero-order valence-electron chi connectivity index (χ0n) is 11.8. The highest BCUT2D eigenvalue weighted by Crippen LogP contribution is 2.26. The maximum absolute atomic E-state index is 12.3. The van der Waals surface area contributed by atoms with Crippen LogP contribution in [-0.2, 0) is 6.54 Å². The molecule has 1 amide bonds. The Balaban J connectivity index is 2.12. The average Bonchev–Trinajstić information content (AvgIpc) is 2.98. The van der Waals surface area contributed by atoms with Gasteiger partial charge in [-0.1, -0.05) is 32.0 Å². The van der Waals surface area contributed by atoms with Crippen molar-refractivity contribution in [2.24, 2.45) is 11.7 Å². The van der Waals surface area contributed by atoms with E-state index in [-0.39, 0.29) is 11.9 Å². The van der Waals surface area contributed by atoms with Crippen LogP contribution in [0.1, 0.15) is 40.7 Å². The van der Waals surface area contributed by atoms with E-state index in [2.05, 4.69) is 25.2 Å². The lowest BCUT2D eigenvalue weighted by Gasteiger charge is -2.21. The third-order valence-corrected chi connectivity index (χ3v) is 4.21. The summed E-state index contributed by atoms with van der Waals surface area (Å²) in [4.78, 5) is 13.5. The first-order valence-corrected chi connectivity index (χ1v) is 7.63. The third-order valence-electron chi connectivity index (χ3n) is 3.25. The fourth-order valence-corrected chi connectivity index (χ4v) is 3.00. The molecule has 3 N–H and O–H groups in total. The van der Waals surface area contributed by atoms with E-state index < -0.39 is 0 Å². The van der Waals surface area contributed by atoms with Crippen molar-refractivity contribution in [2.75, 3.05) is 0 Å². The minimum absolute atomic E-state index is 0.0410. The molecule has 0 aliphatic carbocycles. The van der Waals surface area contributed by atoms with Crippen molar-refractivity contribution >= 4 is 17.2 Å². The van der Waals surface area contributed by atoms with Gasteiger partial charge >= 0.3 is 0 Å². The van der Waals surface area contributed by atoms with Crippen LogP contribution < -0.4 is 11.1 Å². The minimum Gasteiger partial charge on any atom is -0.344 e. The van der Waals surface area contributed by atoms with E-state index in [0.717, 1.165) is 5.56 Å². The lowest BCUT2D eigenvalue weighted by atomic mass is 10.0. The Bertz CT molecular complexity index is 546. The van der Waals surface area contributed by atoms with Gasteiger partial charge in [-0.3, -0.25) is 4.79 Å². The van der Waals surface area contributed by atoms with Crippen LogP contribution in [-0.4, -0.2) is 5.91 Å². The Kier molecular flexibility index (Phi) is 4.93. The van der Waals surface area contributed by atoms with Gasteiger partial charge in [-0.2, -0.15) is 0 Å². The van der Waals surface area contributed by atoms with E-state index in [1.165, 1.54) is 4.88 Å². The Morgan fingerprint density at radius 3 is 2.45 bits per heavy atom. The van der Waals surface area contributed by atoms with Gasteiger partial charge in [0, 0.05) is 17.0 Å². The lowest BCUT2D eigenvalue weighted by molar-refractivity contribution is 0.0926. The first-order valence-electron chi connectivity index (χ1n) is 6.75. The number of amides is 1. The number of carbonyl (C=O) groups excluding carboxylic acids is 1. The van der Waals surface area contributed by atoms with E-state index in [1.807, 2.05) is 35.7 Å². The van der Waals surface area contributed by atoms with Crippen LogP contribution in [0.15, 0.2) is 41.8 Å². The Labute approximate surface area is 123 Å².